The van der Waals surface area contributed by atoms with Crippen molar-refractivity contribution in [2.24, 2.45) is 10.8 Å². The van der Waals surface area contributed by atoms with Gasteiger partial charge in [-0.3, -0.25) is 33.6 Å². The van der Waals surface area contributed by atoms with Crippen molar-refractivity contribution in [1.82, 2.24) is 0 Å². The van der Waals surface area contributed by atoms with Gasteiger partial charge >= 0.3 is 23.9 Å². The molecule has 0 bridgehead atoms. The van der Waals surface area contributed by atoms with Crippen LogP contribution in [0.25, 0.3) is 0 Å². The van der Waals surface area contributed by atoms with Gasteiger partial charge in [0.05, 0.1) is 35.8 Å². The molecule has 13 heteroatoms. The number of cyclic esters (lactones) is 2. The fourth-order valence-electron chi connectivity index (χ4n) is 10.3. The molecule has 0 radical (unpaired) electrons. The van der Waals surface area contributed by atoms with Crippen LogP contribution in [0.3, 0.4) is 0 Å². The Morgan fingerprint density at radius 1 is 0.611 bits per heavy atom. The van der Waals surface area contributed by atoms with E-state index in [1.54, 1.807) is 41.3 Å². The number of rotatable bonds is 15. The van der Waals surface area contributed by atoms with Crippen molar-refractivity contribution in [3.05, 3.63) is 143 Å². The molecule has 7 rings (SSSR count). The number of carbonyl (C=O) groups is 7. The van der Waals surface area contributed by atoms with Gasteiger partial charge in [-0.05, 0) is 116 Å². The summed E-state index contributed by atoms with van der Waals surface area (Å²) in [4.78, 5) is 92.0. The SMILES string of the molecule is CC(=O)O[C@H]1CC2(CC(=O)O[C@@H]2/C=C(\C)CCC=C(C)C)C(=O)CC1Nc1ccccc1.CC(=O)O[C@H]1CC2(CC(=O)O[C@@H]2/C=C(\C)CCC=C(C)C)C(=O)C[C@H]1N(C(=O)c1ccccc1)c1ccccc1. The summed E-state index contributed by atoms with van der Waals surface area (Å²) in [5.41, 5.74) is 4.30. The van der Waals surface area contributed by atoms with Crippen LogP contribution in [-0.4, -0.2) is 77.9 Å². The number of para-hydroxylation sites is 2. The molecule has 3 aromatic rings. The molecule has 1 amide bonds. The zero-order valence-electron chi connectivity index (χ0n) is 42.9. The van der Waals surface area contributed by atoms with Crippen molar-refractivity contribution < 1.29 is 52.5 Å². The molecule has 2 aliphatic heterocycles. The predicted octanol–water partition coefficient (Wildman–Crippen LogP) is 10.7. The number of ketones is 2. The van der Waals surface area contributed by atoms with Crippen LogP contribution in [0.4, 0.5) is 11.4 Å². The fraction of sp³-hybridized carbons (Fsp3) is 0.441. The molecule has 2 heterocycles. The average Bonchev–Trinajstić information content (AvgIpc) is 3.80. The normalized spacial score (nSPS) is 25.9. The highest BCUT2D eigenvalue weighted by Gasteiger charge is 2.61. The number of Topliss-reactive ketones (excluding diaryl/α,β-unsaturated/α-hetero) is 2. The molecule has 3 aromatic carbocycles. The summed E-state index contributed by atoms with van der Waals surface area (Å²) < 4.78 is 22.8. The minimum Gasteiger partial charge on any atom is -0.460 e. The molecule has 72 heavy (non-hydrogen) atoms. The smallest absolute Gasteiger partial charge is 0.307 e. The first-order valence-electron chi connectivity index (χ1n) is 25.0. The fourth-order valence-corrected chi connectivity index (χ4v) is 10.3. The number of ether oxygens (including phenoxy) is 4. The van der Waals surface area contributed by atoms with Crippen molar-refractivity contribution in [2.45, 2.75) is 156 Å². The monoisotopic (exact) mass is 982 g/mol. The second kappa shape index (κ2) is 24.5. The Labute approximate surface area is 424 Å². The highest BCUT2D eigenvalue weighted by molar-refractivity contribution is 6.07. The van der Waals surface area contributed by atoms with Crippen molar-refractivity contribution in [3.63, 3.8) is 0 Å². The first kappa shape index (κ1) is 54.4. The molecular weight excluding hydrogens is 913 g/mol. The molecule has 13 nitrogen and oxygen atoms in total. The highest BCUT2D eigenvalue weighted by atomic mass is 16.6. The molecule has 4 aliphatic rings. The molecule has 3 unspecified atom stereocenters. The molecular formula is C59H70N2O11. The predicted molar refractivity (Wildman–Crippen MR) is 276 cm³/mol. The number of allylic oxidation sites excluding steroid dienone is 6. The third kappa shape index (κ3) is 13.7. The lowest BCUT2D eigenvalue weighted by molar-refractivity contribution is -0.157. The summed E-state index contributed by atoms with van der Waals surface area (Å²) in [7, 11) is 0. The van der Waals surface area contributed by atoms with Gasteiger partial charge in [0, 0.05) is 56.5 Å². The molecule has 2 spiro atoms. The summed E-state index contributed by atoms with van der Waals surface area (Å²) in [6.07, 6.45) is 9.02. The molecule has 2 saturated heterocycles. The Bertz CT molecular complexity index is 2580. The van der Waals surface area contributed by atoms with Gasteiger partial charge in [0.25, 0.3) is 5.91 Å². The molecule has 0 aromatic heterocycles. The second-order valence-electron chi connectivity index (χ2n) is 20.2. The third-order valence-corrected chi connectivity index (χ3v) is 13.9. The van der Waals surface area contributed by atoms with E-state index in [1.165, 1.54) is 25.0 Å². The van der Waals surface area contributed by atoms with E-state index in [1.807, 2.05) is 94.4 Å². The number of carbonyl (C=O) groups excluding carboxylic acids is 7. The van der Waals surface area contributed by atoms with Crippen LogP contribution in [0.5, 0.6) is 0 Å². The lowest BCUT2D eigenvalue weighted by Gasteiger charge is -2.45. The van der Waals surface area contributed by atoms with Crippen LogP contribution >= 0.6 is 0 Å². The van der Waals surface area contributed by atoms with E-state index in [-0.39, 0.29) is 68.0 Å². The van der Waals surface area contributed by atoms with Crippen molar-refractivity contribution in [2.75, 3.05) is 10.2 Å². The largest absolute Gasteiger partial charge is 0.460 e. The van der Waals surface area contributed by atoms with Crippen molar-refractivity contribution >= 4 is 52.7 Å². The first-order valence-corrected chi connectivity index (χ1v) is 25.0. The maximum Gasteiger partial charge on any atom is 0.307 e. The van der Waals surface area contributed by atoms with Crippen molar-refractivity contribution in [3.8, 4) is 0 Å². The lowest BCUT2D eigenvalue weighted by atomic mass is 9.65. The Morgan fingerprint density at radius 2 is 1.06 bits per heavy atom. The standard InChI is InChI=1S/C33H37NO6.C26H33NO5/c1-22(2)12-11-13-23(3)18-30-33(21-31(37)40-30)20-28(39-24(4)35)27(19-29(33)36)34(26-16-9-6-10-17-26)32(38)25-14-7-5-8-15-25;1-17(2)9-8-10-18(3)13-24-26(16-25(30)32-24)15-22(31-19(4)28)21(14-23(26)29)27-20-11-6-5-7-12-20/h5-10,12,14-18,27-28,30H,11,13,19-21H2,1-4H3;5-7,9,11-13,21-22,24,27H,8,10,14-16H2,1-4H3/b23-18+;18-13+/t27-,28+,30-,33?;21?,22-,24+,26?/m10/s1. The summed E-state index contributed by atoms with van der Waals surface area (Å²) in [6.45, 7) is 14.8. The molecule has 382 valence electrons. The quantitative estimate of drug-likeness (QED) is 0.0869. The van der Waals surface area contributed by atoms with Gasteiger partial charge in [0.2, 0.25) is 0 Å². The Kier molecular flexibility index (Phi) is 18.5. The highest BCUT2D eigenvalue weighted by Crippen LogP contribution is 2.50. The number of hydrogen-bond acceptors (Lipinski definition) is 12. The van der Waals surface area contributed by atoms with Crippen molar-refractivity contribution in [1.29, 1.82) is 0 Å². The summed E-state index contributed by atoms with van der Waals surface area (Å²) >= 11 is 0. The van der Waals surface area contributed by atoms with E-state index in [4.69, 9.17) is 18.9 Å². The van der Waals surface area contributed by atoms with Crippen LogP contribution in [0.2, 0.25) is 0 Å². The lowest BCUT2D eigenvalue weighted by Crippen LogP contribution is -2.58. The van der Waals surface area contributed by atoms with Gasteiger partial charge in [-0.15, -0.1) is 0 Å². The minimum absolute atomic E-state index is 0.0179. The number of hydrogen-bond donors (Lipinski definition) is 1. The van der Waals surface area contributed by atoms with Gasteiger partial charge in [0.15, 0.2) is 0 Å². The first-order chi connectivity index (χ1) is 34.3. The summed E-state index contributed by atoms with van der Waals surface area (Å²) in [5.74, 6) is -2.27. The Hall–Kier alpha value is -6.89. The van der Waals surface area contributed by atoms with Crippen LogP contribution in [0.15, 0.2) is 138 Å². The van der Waals surface area contributed by atoms with Crippen LogP contribution in [0.1, 0.15) is 130 Å². The Morgan fingerprint density at radius 3 is 1.54 bits per heavy atom. The zero-order chi connectivity index (χ0) is 52.2. The topological polar surface area (TPSA) is 172 Å². The minimum atomic E-state index is -1.16. The maximum atomic E-state index is 14.0. The molecule has 2 aliphatic carbocycles. The molecule has 1 N–H and O–H groups in total. The number of nitrogens with zero attached hydrogens (tertiary/aromatic N) is 1. The van der Waals surface area contributed by atoms with E-state index in [2.05, 4.69) is 31.3 Å². The average molecular weight is 983 g/mol. The van der Waals surface area contributed by atoms with E-state index >= 15 is 0 Å². The van der Waals surface area contributed by atoms with Gasteiger partial charge in [-0.25, -0.2) is 0 Å². The van der Waals surface area contributed by atoms with Crippen LogP contribution in [0, 0.1) is 10.8 Å². The number of anilines is 2. The van der Waals surface area contributed by atoms with Crippen LogP contribution < -0.4 is 10.2 Å². The molecule has 4 fully saturated rings. The van der Waals surface area contributed by atoms with Gasteiger partial charge in [-0.2, -0.15) is 0 Å². The second-order valence-corrected chi connectivity index (χ2v) is 20.2. The molecule has 8 atom stereocenters. The third-order valence-electron chi connectivity index (χ3n) is 13.9. The zero-order valence-corrected chi connectivity index (χ0v) is 42.9. The maximum absolute atomic E-state index is 14.0. The van der Waals surface area contributed by atoms with Gasteiger partial charge in [0.1, 0.15) is 36.0 Å². The van der Waals surface area contributed by atoms with Crippen LogP contribution in [-0.2, 0) is 47.7 Å². The molecule has 2 saturated carbocycles. The number of benzene rings is 3. The van der Waals surface area contributed by atoms with Gasteiger partial charge in [-0.1, -0.05) is 89.0 Å². The van der Waals surface area contributed by atoms with E-state index in [9.17, 15) is 33.6 Å². The van der Waals surface area contributed by atoms with E-state index in [0.717, 1.165) is 42.5 Å². The summed E-state index contributed by atoms with van der Waals surface area (Å²) in [5, 5.41) is 3.33. The summed E-state index contributed by atoms with van der Waals surface area (Å²) in [6, 6.07) is 26.3. The van der Waals surface area contributed by atoms with Gasteiger partial charge < -0.3 is 29.2 Å². The van der Waals surface area contributed by atoms with E-state index in [0.29, 0.717) is 11.3 Å². The number of esters is 4. The number of amides is 1. The Balaban J connectivity index is 0.000000241. The number of nitrogens with one attached hydrogen (secondary N) is 1. The van der Waals surface area contributed by atoms with E-state index < -0.39 is 59.2 Å².